The molecular weight excluding hydrogens is 290 g/mol. The molecule has 1 aliphatic carbocycles. The van der Waals surface area contributed by atoms with Crippen LogP contribution in [0.2, 0.25) is 0 Å². The van der Waals surface area contributed by atoms with Gasteiger partial charge in [0, 0.05) is 19.1 Å². The standard InChI is InChI=1S/C23H25N/c1-3-8-19(9-4-1)21-14-16-24(17-15-21)23-13-7-12-22(18-23)20-10-5-2-6-11-20/h1-6,8-11,14,18,23H,7,12-13,15-17H2. The van der Waals surface area contributed by atoms with Crippen LogP contribution in [-0.2, 0) is 0 Å². The molecule has 1 unspecified atom stereocenters. The summed E-state index contributed by atoms with van der Waals surface area (Å²) in [5.41, 5.74) is 5.83. The molecule has 4 rings (SSSR count). The number of rotatable bonds is 3. The van der Waals surface area contributed by atoms with E-state index < -0.39 is 0 Å². The lowest BCUT2D eigenvalue weighted by atomic mass is 9.89. The van der Waals surface area contributed by atoms with Crippen molar-refractivity contribution in [2.75, 3.05) is 13.1 Å². The monoisotopic (exact) mass is 315 g/mol. The lowest BCUT2D eigenvalue weighted by Gasteiger charge is -2.35. The topological polar surface area (TPSA) is 3.24 Å². The van der Waals surface area contributed by atoms with Gasteiger partial charge >= 0.3 is 0 Å². The Morgan fingerprint density at radius 3 is 2.04 bits per heavy atom. The van der Waals surface area contributed by atoms with Crippen LogP contribution >= 0.6 is 0 Å². The van der Waals surface area contributed by atoms with E-state index in [9.17, 15) is 0 Å². The number of benzene rings is 2. The van der Waals surface area contributed by atoms with Gasteiger partial charge in [0.05, 0.1) is 0 Å². The SMILES string of the molecule is C1=C(c2ccccc2)CCCC1N1CC=C(c2ccccc2)CC1. The van der Waals surface area contributed by atoms with Crippen LogP contribution in [0.25, 0.3) is 11.1 Å². The fourth-order valence-electron chi connectivity index (χ4n) is 3.98. The van der Waals surface area contributed by atoms with Gasteiger partial charge in [0.15, 0.2) is 0 Å². The Bertz CT molecular complexity index is 727. The van der Waals surface area contributed by atoms with Crippen molar-refractivity contribution < 1.29 is 0 Å². The average Bonchev–Trinajstić information content (AvgIpc) is 2.70. The van der Waals surface area contributed by atoms with E-state index in [1.807, 2.05) is 0 Å². The zero-order chi connectivity index (χ0) is 16.2. The molecule has 0 fully saturated rings. The molecule has 0 spiro atoms. The predicted octanol–water partition coefficient (Wildman–Crippen LogP) is 5.41. The van der Waals surface area contributed by atoms with E-state index in [2.05, 4.69) is 77.7 Å². The predicted molar refractivity (Wildman–Crippen MR) is 103 cm³/mol. The van der Waals surface area contributed by atoms with Gasteiger partial charge in [-0.2, -0.15) is 0 Å². The van der Waals surface area contributed by atoms with Gasteiger partial charge in [-0.15, -0.1) is 0 Å². The van der Waals surface area contributed by atoms with Gasteiger partial charge < -0.3 is 0 Å². The highest BCUT2D eigenvalue weighted by molar-refractivity contribution is 5.68. The minimum absolute atomic E-state index is 0.600. The van der Waals surface area contributed by atoms with Gasteiger partial charge in [0.2, 0.25) is 0 Å². The zero-order valence-corrected chi connectivity index (χ0v) is 14.2. The summed E-state index contributed by atoms with van der Waals surface area (Å²) in [6.45, 7) is 2.25. The van der Waals surface area contributed by atoms with Crippen molar-refractivity contribution in [2.24, 2.45) is 0 Å². The smallest absolute Gasteiger partial charge is 0.0287 e. The normalized spacial score (nSPS) is 21.9. The number of allylic oxidation sites excluding steroid dienone is 1. The molecule has 122 valence electrons. The molecule has 1 heteroatoms. The van der Waals surface area contributed by atoms with E-state index in [1.54, 1.807) is 0 Å². The van der Waals surface area contributed by atoms with E-state index in [0.29, 0.717) is 6.04 Å². The Morgan fingerprint density at radius 2 is 1.42 bits per heavy atom. The van der Waals surface area contributed by atoms with Gasteiger partial charge in [-0.25, -0.2) is 0 Å². The first kappa shape index (κ1) is 15.4. The Balaban J connectivity index is 1.48. The Labute approximate surface area is 145 Å². The van der Waals surface area contributed by atoms with Crippen LogP contribution in [0.4, 0.5) is 0 Å². The number of hydrogen-bond acceptors (Lipinski definition) is 1. The third kappa shape index (κ3) is 3.37. The maximum Gasteiger partial charge on any atom is 0.0287 e. The summed E-state index contributed by atoms with van der Waals surface area (Å²) in [5, 5.41) is 0. The maximum absolute atomic E-state index is 2.65. The van der Waals surface area contributed by atoms with Crippen LogP contribution in [0, 0.1) is 0 Å². The molecule has 1 aliphatic heterocycles. The van der Waals surface area contributed by atoms with Crippen LogP contribution in [0.5, 0.6) is 0 Å². The molecule has 24 heavy (non-hydrogen) atoms. The highest BCUT2D eigenvalue weighted by Crippen LogP contribution is 2.31. The van der Waals surface area contributed by atoms with Gasteiger partial charge in [-0.05, 0) is 48.0 Å². The van der Waals surface area contributed by atoms with Crippen LogP contribution in [-0.4, -0.2) is 24.0 Å². The third-order valence-corrected chi connectivity index (χ3v) is 5.34. The average molecular weight is 315 g/mol. The highest BCUT2D eigenvalue weighted by Gasteiger charge is 2.23. The zero-order valence-electron chi connectivity index (χ0n) is 14.2. The minimum Gasteiger partial charge on any atom is -0.293 e. The summed E-state index contributed by atoms with van der Waals surface area (Å²) in [7, 11) is 0. The Kier molecular flexibility index (Phi) is 4.62. The van der Waals surface area contributed by atoms with E-state index in [4.69, 9.17) is 0 Å². The molecule has 0 N–H and O–H groups in total. The summed E-state index contributed by atoms with van der Waals surface area (Å²) in [6, 6.07) is 22.3. The summed E-state index contributed by atoms with van der Waals surface area (Å²) in [5.74, 6) is 0. The van der Waals surface area contributed by atoms with Gasteiger partial charge in [-0.1, -0.05) is 72.8 Å². The molecule has 2 aliphatic rings. The number of nitrogens with zero attached hydrogens (tertiary/aromatic N) is 1. The summed E-state index contributed by atoms with van der Waals surface area (Å²) >= 11 is 0. The molecule has 1 atom stereocenters. The molecular formula is C23H25N. The second-order valence-corrected chi connectivity index (χ2v) is 6.86. The molecule has 0 bridgehead atoms. The van der Waals surface area contributed by atoms with E-state index >= 15 is 0 Å². The first-order chi connectivity index (χ1) is 11.9. The number of hydrogen-bond donors (Lipinski definition) is 0. The van der Waals surface area contributed by atoms with Crippen LogP contribution in [0.1, 0.15) is 36.8 Å². The molecule has 1 nitrogen and oxygen atoms in total. The van der Waals surface area contributed by atoms with Crippen LogP contribution in [0.3, 0.4) is 0 Å². The summed E-state index contributed by atoms with van der Waals surface area (Å²) in [4.78, 5) is 2.65. The minimum atomic E-state index is 0.600. The van der Waals surface area contributed by atoms with Gasteiger partial charge in [0.1, 0.15) is 0 Å². The highest BCUT2D eigenvalue weighted by atomic mass is 15.1. The largest absolute Gasteiger partial charge is 0.293 e. The van der Waals surface area contributed by atoms with Crippen LogP contribution < -0.4 is 0 Å². The van der Waals surface area contributed by atoms with Crippen molar-refractivity contribution in [2.45, 2.75) is 31.7 Å². The molecule has 0 saturated carbocycles. The van der Waals surface area contributed by atoms with E-state index in [-0.39, 0.29) is 0 Å². The molecule has 0 radical (unpaired) electrons. The summed E-state index contributed by atoms with van der Waals surface area (Å²) in [6.07, 6.45) is 9.94. The first-order valence-electron chi connectivity index (χ1n) is 9.15. The van der Waals surface area contributed by atoms with Gasteiger partial charge in [-0.3, -0.25) is 4.90 Å². The van der Waals surface area contributed by atoms with Crippen molar-refractivity contribution in [1.82, 2.24) is 4.90 Å². The molecule has 2 aromatic rings. The van der Waals surface area contributed by atoms with Crippen molar-refractivity contribution in [1.29, 1.82) is 0 Å². The lowest BCUT2D eigenvalue weighted by molar-refractivity contribution is 0.236. The van der Waals surface area contributed by atoms with Crippen molar-refractivity contribution in [3.8, 4) is 0 Å². The van der Waals surface area contributed by atoms with Crippen molar-refractivity contribution in [3.05, 3.63) is 83.9 Å². The third-order valence-electron chi connectivity index (χ3n) is 5.34. The second kappa shape index (κ2) is 7.19. The van der Waals surface area contributed by atoms with E-state index in [0.717, 1.165) is 13.0 Å². The first-order valence-corrected chi connectivity index (χ1v) is 9.15. The fourth-order valence-corrected chi connectivity index (χ4v) is 3.98. The lowest BCUT2D eigenvalue weighted by Crippen LogP contribution is -2.38. The fraction of sp³-hybridized carbons (Fsp3) is 0.304. The molecule has 2 aromatic carbocycles. The molecule has 0 amide bonds. The van der Waals surface area contributed by atoms with Gasteiger partial charge in [0.25, 0.3) is 0 Å². The quantitative estimate of drug-likeness (QED) is 0.732. The Hall–Kier alpha value is -2.12. The maximum atomic E-state index is 2.65. The molecule has 0 saturated heterocycles. The van der Waals surface area contributed by atoms with Crippen LogP contribution in [0.15, 0.2) is 72.8 Å². The summed E-state index contributed by atoms with van der Waals surface area (Å²) < 4.78 is 0. The van der Waals surface area contributed by atoms with E-state index in [1.165, 1.54) is 48.1 Å². The molecule has 1 heterocycles. The Morgan fingerprint density at radius 1 is 0.750 bits per heavy atom. The molecule has 0 aromatic heterocycles. The van der Waals surface area contributed by atoms with Crippen molar-refractivity contribution >= 4 is 11.1 Å². The second-order valence-electron chi connectivity index (χ2n) is 6.86. The van der Waals surface area contributed by atoms with Crippen molar-refractivity contribution in [3.63, 3.8) is 0 Å².